The van der Waals surface area contributed by atoms with E-state index in [0.29, 0.717) is 0 Å². The molecule has 0 aliphatic heterocycles. The molecule has 4 heteroatoms. The average Bonchev–Trinajstić information content (AvgIpc) is 2.27. The Morgan fingerprint density at radius 2 is 1.50 bits per heavy atom. The number of halogens is 2. The molecule has 0 fully saturated rings. The minimum Gasteiger partial charge on any atom is -0.504 e. The van der Waals surface area contributed by atoms with Crippen molar-refractivity contribution in [2.75, 3.05) is 0 Å². The Balaban J connectivity index is 2.74. The van der Waals surface area contributed by atoms with Crippen molar-refractivity contribution >= 4 is 0 Å². The summed E-state index contributed by atoms with van der Waals surface area (Å²) in [7, 11) is 0. The Morgan fingerprint density at radius 1 is 0.812 bits per heavy atom. The fourth-order valence-electron chi connectivity index (χ4n) is 1.48. The highest BCUT2D eigenvalue weighted by atomic mass is 19.1. The van der Waals surface area contributed by atoms with Crippen molar-refractivity contribution in [3.8, 4) is 22.6 Å². The molecule has 0 unspecified atom stereocenters. The van der Waals surface area contributed by atoms with E-state index in [1.807, 2.05) is 0 Å². The van der Waals surface area contributed by atoms with Gasteiger partial charge in [0.2, 0.25) is 0 Å². The molecule has 82 valence electrons. The quantitative estimate of drug-likeness (QED) is 0.728. The lowest BCUT2D eigenvalue weighted by Crippen LogP contribution is -1.89. The van der Waals surface area contributed by atoms with Gasteiger partial charge in [-0.2, -0.15) is 0 Å². The third-order valence-corrected chi connectivity index (χ3v) is 2.25. The maximum atomic E-state index is 13.5. The zero-order chi connectivity index (χ0) is 11.7. The van der Waals surface area contributed by atoms with Crippen molar-refractivity contribution < 1.29 is 19.0 Å². The van der Waals surface area contributed by atoms with Gasteiger partial charge < -0.3 is 10.2 Å². The highest BCUT2D eigenvalue weighted by Crippen LogP contribution is 2.39. The summed E-state index contributed by atoms with van der Waals surface area (Å²) in [5, 5.41) is 18.7. The second kappa shape index (κ2) is 3.81. The van der Waals surface area contributed by atoms with Crippen LogP contribution in [0.2, 0.25) is 0 Å². The number of benzene rings is 2. The van der Waals surface area contributed by atoms with Crippen LogP contribution in [0.15, 0.2) is 36.4 Å². The van der Waals surface area contributed by atoms with Gasteiger partial charge in [0, 0.05) is 5.56 Å². The van der Waals surface area contributed by atoms with Crippen LogP contribution in [0.4, 0.5) is 8.78 Å². The van der Waals surface area contributed by atoms with Gasteiger partial charge in [0.05, 0.1) is 5.56 Å². The van der Waals surface area contributed by atoms with Crippen LogP contribution in [-0.2, 0) is 0 Å². The molecule has 2 aromatic carbocycles. The average molecular weight is 222 g/mol. The molecule has 0 heterocycles. The molecular weight excluding hydrogens is 214 g/mol. The fourth-order valence-corrected chi connectivity index (χ4v) is 1.48. The summed E-state index contributed by atoms with van der Waals surface area (Å²) in [6.45, 7) is 0. The maximum absolute atomic E-state index is 13.5. The second-order valence-corrected chi connectivity index (χ2v) is 3.27. The summed E-state index contributed by atoms with van der Waals surface area (Å²) in [5.41, 5.74) is -0.425. The lowest BCUT2D eigenvalue weighted by molar-refractivity contribution is 0.401. The lowest BCUT2D eigenvalue weighted by Gasteiger charge is -2.08. The Kier molecular flexibility index (Phi) is 2.48. The zero-order valence-electron chi connectivity index (χ0n) is 8.11. The van der Waals surface area contributed by atoms with E-state index >= 15 is 0 Å². The van der Waals surface area contributed by atoms with Crippen LogP contribution in [0.5, 0.6) is 11.5 Å². The van der Waals surface area contributed by atoms with Crippen molar-refractivity contribution in [2.24, 2.45) is 0 Å². The Morgan fingerprint density at radius 3 is 2.19 bits per heavy atom. The molecular formula is C12H8F2O2. The van der Waals surface area contributed by atoms with Gasteiger partial charge in [-0.3, -0.25) is 0 Å². The first-order chi connectivity index (χ1) is 7.61. The monoisotopic (exact) mass is 222 g/mol. The number of rotatable bonds is 1. The van der Waals surface area contributed by atoms with Gasteiger partial charge in [0.1, 0.15) is 11.6 Å². The molecule has 0 radical (unpaired) electrons. The Bertz CT molecular complexity index is 539. The molecule has 0 aliphatic carbocycles. The Hall–Kier alpha value is -2.10. The third-order valence-electron chi connectivity index (χ3n) is 2.25. The van der Waals surface area contributed by atoms with Crippen molar-refractivity contribution in [2.45, 2.75) is 0 Å². The minimum absolute atomic E-state index is 0.0894. The predicted octanol–water partition coefficient (Wildman–Crippen LogP) is 3.04. The molecule has 2 aromatic rings. The van der Waals surface area contributed by atoms with Crippen molar-refractivity contribution in [3.63, 3.8) is 0 Å². The van der Waals surface area contributed by atoms with E-state index in [2.05, 4.69) is 0 Å². The highest BCUT2D eigenvalue weighted by Gasteiger charge is 2.16. The van der Waals surface area contributed by atoms with Gasteiger partial charge in [-0.05, 0) is 18.2 Å². The van der Waals surface area contributed by atoms with Gasteiger partial charge >= 0.3 is 0 Å². The molecule has 0 amide bonds. The molecule has 0 saturated heterocycles. The van der Waals surface area contributed by atoms with E-state index in [-0.39, 0.29) is 11.1 Å². The molecule has 0 saturated carbocycles. The molecule has 0 aromatic heterocycles. The largest absolute Gasteiger partial charge is 0.504 e. The zero-order valence-corrected chi connectivity index (χ0v) is 8.11. The molecule has 2 nitrogen and oxygen atoms in total. The summed E-state index contributed by atoms with van der Waals surface area (Å²) in [6, 6.07) is 7.43. The number of phenolic OH excluding ortho intramolecular Hbond substituents is 2. The van der Waals surface area contributed by atoms with E-state index < -0.39 is 23.1 Å². The van der Waals surface area contributed by atoms with Gasteiger partial charge in [0.15, 0.2) is 11.5 Å². The number of hydrogen-bond donors (Lipinski definition) is 2. The van der Waals surface area contributed by atoms with E-state index in [0.717, 1.165) is 18.2 Å². The lowest BCUT2D eigenvalue weighted by atomic mass is 10.0. The normalized spacial score (nSPS) is 10.4. The van der Waals surface area contributed by atoms with Crippen molar-refractivity contribution in [1.82, 2.24) is 0 Å². The van der Waals surface area contributed by atoms with Crippen LogP contribution in [-0.4, -0.2) is 10.2 Å². The van der Waals surface area contributed by atoms with E-state index in [4.69, 9.17) is 0 Å². The van der Waals surface area contributed by atoms with E-state index in [1.165, 1.54) is 18.2 Å². The summed E-state index contributed by atoms with van der Waals surface area (Å²) < 4.78 is 26.9. The number of aromatic hydroxyl groups is 2. The predicted molar refractivity (Wildman–Crippen MR) is 55.1 cm³/mol. The highest BCUT2D eigenvalue weighted by molar-refractivity contribution is 5.74. The molecule has 0 atom stereocenters. The first-order valence-electron chi connectivity index (χ1n) is 4.56. The van der Waals surface area contributed by atoms with Crippen LogP contribution in [0.25, 0.3) is 11.1 Å². The van der Waals surface area contributed by atoms with Crippen LogP contribution < -0.4 is 0 Å². The number of hydrogen-bond acceptors (Lipinski definition) is 2. The first-order valence-corrected chi connectivity index (χ1v) is 4.56. The molecule has 16 heavy (non-hydrogen) atoms. The summed E-state index contributed by atoms with van der Waals surface area (Å²) >= 11 is 0. The van der Waals surface area contributed by atoms with Crippen molar-refractivity contribution in [3.05, 3.63) is 48.0 Å². The summed E-state index contributed by atoms with van der Waals surface area (Å²) in [6.07, 6.45) is 0. The van der Waals surface area contributed by atoms with Crippen LogP contribution >= 0.6 is 0 Å². The standard InChI is InChI=1S/C12H8F2O2/c13-8-4-2-1-3-7(8)11-9(14)5-6-10(15)12(11)16/h1-6,15-16H. The smallest absolute Gasteiger partial charge is 0.168 e. The summed E-state index contributed by atoms with van der Waals surface area (Å²) in [5.74, 6) is -2.60. The second-order valence-electron chi connectivity index (χ2n) is 3.27. The van der Waals surface area contributed by atoms with E-state index in [1.54, 1.807) is 0 Å². The maximum Gasteiger partial charge on any atom is 0.168 e. The molecule has 0 bridgehead atoms. The topological polar surface area (TPSA) is 40.5 Å². The van der Waals surface area contributed by atoms with Crippen LogP contribution in [0.1, 0.15) is 0 Å². The molecule has 0 aliphatic rings. The van der Waals surface area contributed by atoms with Crippen LogP contribution in [0.3, 0.4) is 0 Å². The molecule has 2 N–H and O–H groups in total. The molecule has 0 spiro atoms. The first kappa shape index (κ1) is 10.4. The van der Waals surface area contributed by atoms with E-state index in [9.17, 15) is 19.0 Å². The van der Waals surface area contributed by atoms with Gasteiger partial charge in [-0.15, -0.1) is 0 Å². The molecule has 2 rings (SSSR count). The van der Waals surface area contributed by atoms with Gasteiger partial charge in [-0.1, -0.05) is 18.2 Å². The van der Waals surface area contributed by atoms with Crippen LogP contribution in [0, 0.1) is 11.6 Å². The van der Waals surface area contributed by atoms with Crippen molar-refractivity contribution in [1.29, 1.82) is 0 Å². The fraction of sp³-hybridized carbons (Fsp3) is 0. The minimum atomic E-state index is -0.791. The van der Waals surface area contributed by atoms with Gasteiger partial charge in [0.25, 0.3) is 0 Å². The Labute approximate surface area is 90.4 Å². The number of phenols is 2. The third kappa shape index (κ3) is 1.58. The van der Waals surface area contributed by atoms with Gasteiger partial charge in [-0.25, -0.2) is 8.78 Å². The SMILES string of the molecule is Oc1ccc(F)c(-c2ccccc2F)c1O. The summed E-state index contributed by atoms with van der Waals surface area (Å²) in [4.78, 5) is 0.